The van der Waals surface area contributed by atoms with Gasteiger partial charge in [0.15, 0.2) is 5.82 Å². The SMILES string of the molecule is [C-]#[N+]C[C@H]1CN(c2nc(OC[C@@H]3CCCN3C)nc3cc(-c4cccc5c4[C@@H]4C[C@@H]4C5)cnc23)CCN1C(=O)C=C. The Labute approximate surface area is 240 Å². The Morgan fingerprint density at radius 3 is 2.95 bits per heavy atom. The number of amides is 1. The molecular formula is C32H35N7O2. The van der Waals surface area contributed by atoms with Crippen molar-refractivity contribution in [2.45, 2.75) is 43.7 Å². The highest BCUT2D eigenvalue weighted by atomic mass is 16.5. The average Bonchev–Trinajstić information content (AvgIpc) is 3.47. The van der Waals surface area contributed by atoms with E-state index in [-0.39, 0.29) is 18.5 Å². The molecule has 9 heteroatoms. The van der Waals surface area contributed by atoms with Crippen LogP contribution < -0.4 is 9.64 Å². The molecule has 1 amide bonds. The lowest BCUT2D eigenvalue weighted by atomic mass is 9.95. The van der Waals surface area contributed by atoms with Crippen molar-refractivity contribution in [2.75, 3.05) is 51.3 Å². The van der Waals surface area contributed by atoms with E-state index in [9.17, 15) is 4.79 Å². The summed E-state index contributed by atoms with van der Waals surface area (Å²) in [5.74, 6) is 2.02. The van der Waals surface area contributed by atoms with Crippen molar-refractivity contribution in [3.05, 3.63) is 65.7 Å². The average molecular weight is 550 g/mol. The highest BCUT2D eigenvalue weighted by molar-refractivity contribution is 5.90. The second-order valence-electron chi connectivity index (χ2n) is 11.9. The first-order chi connectivity index (χ1) is 20.0. The van der Waals surface area contributed by atoms with Gasteiger partial charge in [0.1, 0.15) is 18.2 Å². The second-order valence-corrected chi connectivity index (χ2v) is 11.9. The van der Waals surface area contributed by atoms with Crippen molar-refractivity contribution in [1.29, 1.82) is 0 Å². The summed E-state index contributed by atoms with van der Waals surface area (Å²) < 4.78 is 6.25. The van der Waals surface area contributed by atoms with E-state index in [4.69, 9.17) is 26.3 Å². The van der Waals surface area contributed by atoms with Gasteiger partial charge >= 0.3 is 6.01 Å². The number of piperazine rings is 1. The first-order valence-corrected chi connectivity index (χ1v) is 14.7. The monoisotopic (exact) mass is 549 g/mol. The number of fused-ring (bicyclic) bond motifs is 4. The van der Waals surface area contributed by atoms with Gasteiger partial charge in [-0.25, -0.2) is 6.57 Å². The van der Waals surface area contributed by atoms with Crippen LogP contribution in [-0.4, -0.2) is 89.1 Å². The molecule has 3 fully saturated rings. The fourth-order valence-corrected chi connectivity index (χ4v) is 7.08. The summed E-state index contributed by atoms with van der Waals surface area (Å²) in [7, 11) is 2.13. The molecule has 41 heavy (non-hydrogen) atoms. The van der Waals surface area contributed by atoms with E-state index in [1.807, 2.05) is 6.20 Å². The highest BCUT2D eigenvalue weighted by Gasteiger charge is 2.46. The minimum atomic E-state index is -0.258. The molecular weight excluding hydrogens is 514 g/mol. The van der Waals surface area contributed by atoms with Gasteiger partial charge in [-0.2, -0.15) is 9.97 Å². The molecule has 0 N–H and O–H groups in total. The molecule has 2 saturated heterocycles. The summed E-state index contributed by atoms with van der Waals surface area (Å²) in [6, 6.07) is 9.19. The number of rotatable bonds is 7. The van der Waals surface area contributed by atoms with Crippen molar-refractivity contribution in [1.82, 2.24) is 24.8 Å². The van der Waals surface area contributed by atoms with Crippen LogP contribution in [0, 0.1) is 12.5 Å². The first-order valence-electron chi connectivity index (χ1n) is 14.7. The third-order valence-electron chi connectivity index (χ3n) is 9.40. The number of ether oxygens (including phenoxy) is 1. The minimum absolute atomic E-state index is 0.147. The molecule has 4 aliphatic rings. The lowest BCUT2D eigenvalue weighted by molar-refractivity contribution is -0.128. The number of carbonyl (C=O) groups is 1. The number of nitrogens with zero attached hydrogens (tertiary/aromatic N) is 7. The zero-order valence-corrected chi connectivity index (χ0v) is 23.5. The molecule has 9 nitrogen and oxygen atoms in total. The highest BCUT2D eigenvalue weighted by Crippen LogP contribution is 2.58. The third-order valence-corrected chi connectivity index (χ3v) is 9.40. The standard InChI is InChI=1S/C32H35N7O2/c1-4-28(40)39-12-11-38(18-24(39)17-33-2)31-30-27(35-32(36-31)41-19-23-8-6-10-37(23)3)15-22(16-34-30)25-9-5-7-20-13-21-14-26(21)29(20)25/h4-5,7,9,15-16,21,23-24,26H,1,6,8,10-14,17-19H2,3H3/t21-,23-,24-,26+/m0/s1. The number of pyridine rings is 1. The Morgan fingerprint density at radius 1 is 1.24 bits per heavy atom. The van der Waals surface area contributed by atoms with Crippen molar-refractivity contribution in [3.63, 3.8) is 0 Å². The Balaban J connectivity index is 1.26. The minimum Gasteiger partial charge on any atom is -0.462 e. The Morgan fingerprint density at radius 2 is 2.15 bits per heavy atom. The van der Waals surface area contributed by atoms with Crippen molar-refractivity contribution >= 4 is 22.8 Å². The van der Waals surface area contributed by atoms with Gasteiger partial charge in [-0.3, -0.25) is 9.78 Å². The predicted molar refractivity (Wildman–Crippen MR) is 158 cm³/mol. The van der Waals surface area contributed by atoms with Gasteiger partial charge in [-0.15, -0.1) is 0 Å². The number of aromatic nitrogens is 3. The summed E-state index contributed by atoms with van der Waals surface area (Å²) in [6.07, 6.45) is 8.01. The van der Waals surface area contributed by atoms with E-state index in [0.29, 0.717) is 55.5 Å². The smallest absolute Gasteiger partial charge is 0.319 e. The molecule has 0 spiro atoms. The van der Waals surface area contributed by atoms with Crippen molar-refractivity contribution in [3.8, 4) is 17.1 Å². The molecule has 7 rings (SSSR count). The number of likely N-dealkylation sites (N-methyl/N-ethyl adjacent to an activating group) is 1. The predicted octanol–water partition coefficient (Wildman–Crippen LogP) is 3.95. The number of hydrogen-bond acceptors (Lipinski definition) is 7. The molecule has 2 aliphatic carbocycles. The second kappa shape index (κ2) is 10.4. The maximum absolute atomic E-state index is 12.5. The topological polar surface area (TPSA) is 79.1 Å². The van der Waals surface area contributed by atoms with Gasteiger partial charge < -0.3 is 24.3 Å². The number of hydrogen-bond donors (Lipinski definition) is 0. The van der Waals surface area contributed by atoms with Crippen LogP contribution in [0.15, 0.2) is 43.1 Å². The van der Waals surface area contributed by atoms with E-state index >= 15 is 0 Å². The fourth-order valence-electron chi connectivity index (χ4n) is 7.08. The lowest BCUT2D eigenvalue weighted by Gasteiger charge is -2.39. The van der Waals surface area contributed by atoms with Gasteiger partial charge in [-0.1, -0.05) is 24.8 Å². The van der Waals surface area contributed by atoms with Gasteiger partial charge in [0.25, 0.3) is 0 Å². The van der Waals surface area contributed by atoms with Gasteiger partial charge in [0.2, 0.25) is 12.5 Å². The summed E-state index contributed by atoms with van der Waals surface area (Å²) in [6.45, 7) is 14.5. The normalized spacial score (nSPS) is 25.1. The van der Waals surface area contributed by atoms with Crippen LogP contribution in [0.4, 0.5) is 5.82 Å². The van der Waals surface area contributed by atoms with Crippen LogP contribution in [0.3, 0.4) is 0 Å². The number of likely N-dealkylation sites (tertiary alicyclic amines) is 1. The van der Waals surface area contributed by atoms with Crippen LogP contribution in [0.1, 0.15) is 36.3 Å². The lowest BCUT2D eigenvalue weighted by Crippen LogP contribution is -2.56. The Kier molecular flexibility index (Phi) is 6.58. The number of benzene rings is 1. The quantitative estimate of drug-likeness (QED) is 0.326. The van der Waals surface area contributed by atoms with E-state index in [0.717, 1.165) is 30.0 Å². The van der Waals surface area contributed by atoms with E-state index in [1.54, 1.807) is 4.90 Å². The first kappa shape index (κ1) is 25.9. The van der Waals surface area contributed by atoms with E-state index in [2.05, 4.69) is 52.5 Å². The summed E-state index contributed by atoms with van der Waals surface area (Å²) in [5.41, 5.74) is 6.73. The summed E-state index contributed by atoms with van der Waals surface area (Å²) in [4.78, 5) is 37.0. The Bertz CT molecular complexity index is 1570. The van der Waals surface area contributed by atoms with Gasteiger partial charge in [-0.05, 0) is 79.9 Å². The molecule has 2 aromatic heterocycles. The summed E-state index contributed by atoms with van der Waals surface area (Å²) in [5, 5.41) is 0. The molecule has 2 aliphatic heterocycles. The van der Waals surface area contributed by atoms with E-state index in [1.165, 1.54) is 42.0 Å². The molecule has 210 valence electrons. The zero-order valence-electron chi connectivity index (χ0n) is 23.5. The van der Waals surface area contributed by atoms with Gasteiger partial charge in [0, 0.05) is 37.4 Å². The van der Waals surface area contributed by atoms with Crippen molar-refractivity contribution in [2.24, 2.45) is 5.92 Å². The largest absolute Gasteiger partial charge is 0.462 e. The molecule has 1 saturated carbocycles. The molecule has 0 unspecified atom stereocenters. The fraction of sp³-hybridized carbons (Fsp3) is 0.469. The molecule has 1 aromatic carbocycles. The van der Waals surface area contributed by atoms with Crippen molar-refractivity contribution < 1.29 is 9.53 Å². The maximum atomic E-state index is 12.5. The molecule has 4 atom stereocenters. The van der Waals surface area contributed by atoms with Crippen LogP contribution in [0.2, 0.25) is 0 Å². The Hall–Kier alpha value is -4.03. The van der Waals surface area contributed by atoms with Crippen LogP contribution in [-0.2, 0) is 11.2 Å². The zero-order chi connectivity index (χ0) is 28.1. The van der Waals surface area contributed by atoms with Crippen LogP contribution in [0.5, 0.6) is 6.01 Å². The molecule has 0 bridgehead atoms. The molecule has 0 radical (unpaired) electrons. The summed E-state index contributed by atoms with van der Waals surface area (Å²) >= 11 is 0. The molecule has 4 heterocycles. The maximum Gasteiger partial charge on any atom is 0.319 e. The van der Waals surface area contributed by atoms with Crippen LogP contribution >= 0.6 is 0 Å². The molecule has 3 aromatic rings. The number of carbonyl (C=O) groups excluding carboxylic acids is 1. The van der Waals surface area contributed by atoms with Gasteiger partial charge in [0.05, 0.1) is 5.52 Å². The van der Waals surface area contributed by atoms with Crippen LogP contribution in [0.25, 0.3) is 27.0 Å². The number of anilines is 1. The van der Waals surface area contributed by atoms with E-state index < -0.39 is 0 Å². The third kappa shape index (κ3) is 4.70.